The third kappa shape index (κ3) is 6.20. The molecule has 2 fully saturated rings. The topological polar surface area (TPSA) is 178 Å². The van der Waals surface area contributed by atoms with E-state index in [0.29, 0.717) is 39.8 Å². The molecule has 16 heteroatoms. The molecule has 6 N–H and O–H groups in total. The number of halogens is 3. The molecule has 4 heterocycles. The van der Waals surface area contributed by atoms with Gasteiger partial charge in [0.1, 0.15) is 21.0 Å². The molecule has 4 unspecified atom stereocenters. The number of aromatic carboxylic acids is 1. The van der Waals surface area contributed by atoms with Crippen molar-refractivity contribution in [2.24, 2.45) is 0 Å². The van der Waals surface area contributed by atoms with Gasteiger partial charge >= 0.3 is 24.0 Å². The average molecular weight is 597 g/mol. The van der Waals surface area contributed by atoms with Crippen LogP contribution in [-0.2, 0) is 30.2 Å². The molecule has 2 aliphatic rings. The van der Waals surface area contributed by atoms with Crippen LogP contribution in [0.2, 0.25) is 0 Å². The Morgan fingerprint density at radius 2 is 1.51 bits per heavy atom. The van der Waals surface area contributed by atoms with Crippen molar-refractivity contribution in [2.75, 3.05) is 31.4 Å². The van der Waals surface area contributed by atoms with E-state index < -0.39 is 51.9 Å². The van der Waals surface area contributed by atoms with Gasteiger partial charge in [0.25, 0.3) is 0 Å². The fourth-order valence-electron chi connectivity index (χ4n) is 4.03. The van der Waals surface area contributed by atoms with E-state index in [-0.39, 0.29) is 24.0 Å². The third-order valence-electron chi connectivity index (χ3n) is 6.46. The van der Waals surface area contributed by atoms with Crippen LogP contribution in [0.15, 0.2) is 12.1 Å². The lowest BCUT2D eigenvalue weighted by molar-refractivity contribution is -0.167. The smallest absolute Gasteiger partial charge is 0.471 e. The fraction of sp³-hybridized carbons (Fsp3) is 0.522. The number of carbonyl (C=O) groups is 3. The van der Waals surface area contributed by atoms with E-state index in [1.54, 1.807) is 19.9 Å². The Balaban J connectivity index is 0.000000223. The molecule has 2 aliphatic heterocycles. The van der Waals surface area contributed by atoms with Crippen molar-refractivity contribution >= 4 is 51.9 Å². The summed E-state index contributed by atoms with van der Waals surface area (Å²) in [6.45, 7) is 4.12. The molecule has 4 atom stereocenters. The standard InChI is InChI=1S/C12H12F3NO5S.C11H15NO4S/c1-5-11(20,2-3-21-5)7-4-6(8(22-7)9(17)18)16-10(19)12(13,14)15;1-6-11(14,3-4-16-6)8-5-7(12)9(17-8)10(13)15-2/h4-5,20H,2-3H2,1H3,(H,16,19)(H,17,18);5-6,14H,3-4,12H2,1-2H3. The Bertz CT molecular complexity index is 1250. The first-order valence-electron chi connectivity index (χ1n) is 11.5. The quantitative estimate of drug-likeness (QED) is 0.322. The zero-order valence-corrected chi connectivity index (χ0v) is 22.6. The number of methoxy groups -OCH3 is 1. The molecule has 11 nitrogen and oxygen atoms in total. The second kappa shape index (κ2) is 11.4. The number of rotatable bonds is 5. The molecule has 39 heavy (non-hydrogen) atoms. The highest BCUT2D eigenvalue weighted by molar-refractivity contribution is 7.15. The first-order valence-corrected chi connectivity index (χ1v) is 13.1. The summed E-state index contributed by atoms with van der Waals surface area (Å²) in [4.78, 5) is 34.2. The monoisotopic (exact) mass is 596 g/mol. The average Bonchev–Trinajstić information content (AvgIpc) is 3.62. The van der Waals surface area contributed by atoms with Gasteiger partial charge < -0.3 is 40.6 Å². The molecule has 216 valence electrons. The number of carboxylic acid groups (broad SMARTS) is 1. The van der Waals surface area contributed by atoms with Gasteiger partial charge in [-0.15, -0.1) is 22.7 Å². The van der Waals surface area contributed by atoms with E-state index in [1.165, 1.54) is 12.4 Å². The number of alkyl halides is 3. The molecule has 0 aliphatic carbocycles. The number of carboxylic acids is 1. The Morgan fingerprint density at radius 1 is 1.03 bits per heavy atom. The van der Waals surface area contributed by atoms with Gasteiger partial charge in [0.15, 0.2) is 0 Å². The number of hydrogen-bond acceptors (Lipinski definition) is 11. The summed E-state index contributed by atoms with van der Waals surface area (Å²) in [5, 5.41) is 31.6. The summed E-state index contributed by atoms with van der Waals surface area (Å²) in [7, 11) is 1.30. The number of anilines is 2. The van der Waals surface area contributed by atoms with Crippen molar-refractivity contribution in [1.29, 1.82) is 0 Å². The summed E-state index contributed by atoms with van der Waals surface area (Å²) in [5.41, 5.74) is 3.05. The van der Waals surface area contributed by atoms with E-state index in [1.807, 2.05) is 0 Å². The van der Waals surface area contributed by atoms with Gasteiger partial charge in [-0.3, -0.25) is 4.79 Å². The van der Waals surface area contributed by atoms with Crippen molar-refractivity contribution in [3.05, 3.63) is 31.6 Å². The van der Waals surface area contributed by atoms with Crippen molar-refractivity contribution in [1.82, 2.24) is 0 Å². The number of thiophene rings is 2. The van der Waals surface area contributed by atoms with Gasteiger partial charge in [-0.1, -0.05) is 0 Å². The number of nitrogen functional groups attached to an aromatic ring is 1. The predicted octanol–water partition coefficient (Wildman–Crippen LogP) is 3.06. The Labute approximate surface area is 228 Å². The second-order valence-corrected chi connectivity index (χ2v) is 11.0. The van der Waals surface area contributed by atoms with Gasteiger partial charge in [-0.2, -0.15) is 13.2 Å². The minimum atomic E-state index is -5.14. The first-order chi connectivity index (χ1) is 18.0. The number of amides is 1. The van der Waals surface area contributed by atoms with Crippen LogP contribution in [0.5, 0.6) is 0 Å². The normalized spacial score (nSPS) is 26.6. The maximum Gasteiger partial charge on any atom is 0.471 e. The number of carbonyl (C=O) groups excluding carboxylic acids is 2. The zero-order valence-electron chi connectivity index (χ0n) is 21.0. The van der Waals surface area contributed by atoms with Crippen molar-refractivity contribution in [2.45, 2.75) is 56.3 Å². The molecule has 0 radical (unpaired) electrons. The van der Waals surface area contributed by atoms with Gasteiger partial charge in [-0.05, 0) is 26.0 Å². The fourth-order valence-corrected chi connectivity index (χ4v) is 6.37. The summed E-state index contributed by atoms with van der Waals surface area (Å²) in [5.74, 6) is -4.25. The van der Waals surface area contributed by atoms with Gasteiger partial charge in [0, 0.05) is 22.6 Å². The SMILES string of the molecule is CC1OCCC1(O)c1cc(NC(=O)C(F)(F)F)c(C(=O)O)s1.COC(=O)c1sc(C2(O)CCOC2C)cc1N. The lowest BCUT2D eigenvalue weighted by Crippen LogP contribution is -2.32. The maximum atomic E-state index is 12.3. The number of aliphatic hydroxyl groups is 2. The van der Waals surface area contributed by atoms with Crippen LogP contribution in [0.25, 0.3) is 0 Å². The van der Waals surface area contributed by atoms with Crippen LogP contribution in [0.3, 0.4) is 0 Å². The molecular formula is C23H27F3N2O9S2. The number of esters is 1. The third-order valence-corrected chi connectivity index (χ3v) is 9.05. The van der Waals surface area contributed by atoms with Crippen LogP contribution >= 0.6 is 22.7 Å². The minimum Gasteiger partial charge on any atom is -0.477 e. The molecule has 4 rings (SSSR count). The largest absolute Gasteiger partial charge is 0.477 e. The van der Waals surface area contributed by atoms with E-state index in [4.69, 9.17) is 20.3 Å². The van der Waals surface area contributed by atoms with E-state index in [2.05, 4.69) is 4.74 Å². The summed E-state index contributed by atoms with van der Waals surface area (Å²) >= 11 is 1.77. The lowest BCUT2D eigenvalue weighted by Gasteiger charge is -2.24. The van der Waals surface area contributed by atoms with E-state index in [0.717, 1.165) is 17.4 Å². The van der Waals surface area contributed by atoms with E-state index >= 15 is 0 Å². The number of hydrogen-bond donors (Lipinski definition) is 5. The van der Waals surface area contributed by atoms with Crippen molar-refractivity contribution < 1.29 is 57.1 Å². The summed E-state index contributed by atoms with van der Waals surface area (Å²) < 4.78 is 52.1. The summed E-state index contributed by atoms with van der Waals surface area (Å²) in [6.07, 6.45) is -5.39. The van der Waals surface area contributed by atoms with Crippen molar-refractivity contribution in [3.8, 4) is 0 Å². The number of nitrogens with one attached hydrogen (secondary N) is 1. The molecular weight excluding hydrogens is 569 g/mol. The number of nitrogens with two attached hydrogens (primary N) is 1. The highest BCUT2D eigenvalue weighted by Crippen LogP contribution is 2.43. The first kappa shape index (κ1) is 30.8. The van der Waals surface area contributed by atoms with Crippen LogP contribution in [0.4, 0.5) is 24.5 Å². The Kier molecular flexibility index (Phi) is 8.98. The maximum absolute atomic E-state index is 12.3. The molecule has 0 saturated carbocycles. The highest BCUT2D eigenvalue weighted by atomic mass is 32.1. The van der Waals surface area contributed by atoms with E-state index in [9.17, 15) is 37.8 Å². The molecule has 0 spiro atoms. The van der Waals surface area contributed by atoms with Gasteiger partial charge in [0.05, 0.1) is 43.9 Å². The summed E-state index contributed by atoms with van der Waals surface area (Å²) in [6, 6.07) is 2.67. The molecule has 0 aromatic carbocycles. The Morgan fingerprint density at radius 3 is 1.92 bits per heavy atom. The lowest BCUT2D eigenvalue weighted by atomic mass is 9.94. The van der Waals surface area contributed by atoms with Crippen molar-refractivity contribution in [3.63, 3.8) is 0 Å². The molecule has 2 aromatic heterocycles. The molecule has 2 saturated heterocycles. The molecule has 2 aromatic rings. The van der Waals surface area contributed by atoms with Gasteiger partial charge in [-0.25, -0.2) is 9.59 Å². The van der Waals surface area contributed by atoms with Gasteiger partial charge in [0.2, 0.25) is 0 Å². The molecule has 0 bridgehead atoms. The Hall–Kier alpha value is -2.76. The van der Waals surface area contributed by atoms with Crippen LogP contribution in [-0.4, -0.2) is 71.9 Å². The van der Waals surface area contributed by atoms with Crippen LogP contribution in [0.1, 0.15) is 55.8 Å². The minimum absolute atomic E-state index is 0.132. The predicted molar refractivity (Wildman–Crippen MR) is 134 cm³/mol. The highest BCUT2D eigenvalue weighted by Gasteiger charge is 2.45. The van der Waals surface area contributed by atoms with Crippen LogP contribution in [0, 0.1) is 0 Å². The number of ether oxygens (including phenoxy) is 3. The molecule has 1 amide bonds. The second-order valence-electron chi connectivity index (χ2n) is 8.87. The van der Waals surface area contributed by atoms with Crippen LogP contribution < -0.4 is 11.1 Å². The zero-order chi connectivity index (χ0) is 29.3.